The van der Waals surface area contributed by atoms with Gasteiger partial charge in [-0.25, -0.2) is 13.6 Å². The lowest BCUT2D eigenvalue weighted by Gasteiger charge is -1.94. The van der Waals surface area contributed by atoms with Crippen LogP contribution in [0.4, 0.5) is 0 Å². The molecular weight excluding hydrogens is 298 g/mol. The molecule has 0 atom stereocenters. The molecular formula is C9H8BrNO2S2. The van der Waals surface area contributed by atoms with Gasteiger partial charge in [-0.3, -0.25) is 0 Å². The van der Waals surface area contributed by atoms with Crippen LogP contribution < -0.4 is 5.14 Å². The summed E-state index contributed by atoms with van der Waals surface area (Å²) in [6, 6.07) is 5.64. The van der Waals surface area contributed by atoms with Gasteiger partial charge in [-0.2, -0.15) is 0 Å². The first-order valence-corrected chi connectivity index (χ1v) is 7.27. The second-order valence-electron chi connectivity index (χ2n) is 3.18. The summed E-state index contributed by atoms with van der Waals surface area (Å²) in [6.07, 6.45) is 0. The Kier molecular flexibility index (Phi) is 2.62. The van der Waals surface area contributed by atoms with E-state index in [0.29, 0.717) is 0 Å². The zero-order chi connectivity index (χ0) is 11.2. The molecule has 80 valence electrons. The standard InChI is InChI=1S/C9H8BrNO2S2/c1-5-6-3-2-4-7(10)8(6)14-9(5)15(11,12)13/h2-4H,1H3,(H2,11,12,13). The molecule has 1 aromatic carbocycles. The molecule has 0 saturated carbocycles. The van der Waals surface area contributed by atoms with Crippen LogP contribution in [0.15, 0.2) is 26.9 Å². The Morgan fingerprint density at radius 3 is 2.60 bits per heavy atom. The molecule has 0 saturated heterocycles. The summed E-state index contributed by atoms with van der Waals surface area (Å²) in [7, 11) is -3.61. The minimum Gasteiger partial charge on any atom is -0.224 e. The van der Waals surface area contributed by atoms with Crippen LogP contribution in [-0.2, 0) is 10.0 Å². The number of thiophene rings is 1. The maximum absolute atomic E-state index is 11.3. The van der Waals surface area contributed by atoms with Crippen LogP contribution >= 0.6 is 27.3 Å². The van der Waals surface area contributed by atoms with E-state index < -0.39 is 10.0 Å². The third kappa shape index (κ3) is 1.82. The topological polar surface area (TPSA) is 60.2 Å². The van der Waals surface area contributed by atoms with Crippen molar-refractivity contribution in [2.75, 3.05) is 0 Å². The fourth-order valence-electron chi connectivity index (χ4n) is 1.46. The van der Waals surface area contributed by atoms with E-state index in [1.807, 2.05) is 18.2 Å². The summed E-state index contributed by atoms with van der Waals surface area (Å²) in [4.78, 5) is 0. The van der Waals surface area contributed by atoms with E-state index in [1.165, 1.54) is 11.3 Å². The van der Waals surface area contributed by atoms with Crippen molar-refractivity contribution in [3.8, 4) is 0 Å². The van der Waals surface area contributed by atoms with E-state index in [4.69, 9.17) is 5.14 Å². The number of benzene rings is 1. The molecule has 1 heterocycles. The lowest BCUT2D eigenvalue weighted by atomic mass is 10.2. The predicted molar refractivity (Wildman–Crippen MR) is 65.6 cm³/mol. The zero-order valence-corrected chi connectivity index (χ0v) is 11.0. The van der Waals surface area contributed by atoms with Crippen LogP contribution in [0, 0.1) is 6.92 Å². The molecule has 0 amide bonds. The van der Waals surface area contributed by atoms with Crippen molar-refractivity contribution in [3.63, 3.8) is 0 Å². The van der Waals surface area contributed by atoms with Crippen LogP contribution in [-0.4, -0.2) is 8.42 Å². The Balaban J connectivity index is 2.93. The number of halogens is 1. The van der Waals surface area contributed by atoms with E-state index in [2.05, 4.69) is 15.9 Å². The number of primary sulfonamides is 1. The largest absolute Gasteiger partial charge is 0.247 e. The summed E-state index contributed by atoms with van der Waals surface area (Å²) in [6.45, 7) is 1.77. The van der Waals surface area contributed by atoms with Gasteiger partial charge in [0.25, 0.3) is 0 Å². The van der Waals surface area contributed by atoms with E-state index >= 15 is 0 Å². The van der Waals surface area contributed by atoms with Gasteiger partial charge in [0.15, 0.2) is 0 Å². The van der Waals surface area contributed by atoms with E-state index in [9.17, 15) is 8.42 Å². The quantitative estimate of drug-likeness (QED) is 0.880. The number of rotatable bonds is 1. The van der Waals surface area contributed by atoms with Crippen LogP contribution in [0.2, 0.25) is 0 Å². The summed E-state index contributed by atoms with van der Waals surface area (Å²) in [5.41, 5.74) is 0.721. The fraction of sp³-hybridized carbons (Fsp3) is 0.111. The van der Waals surface area contributed by atoms with Crippen molar-refractivity contribution >= 4 is 47.4 Å². The molecule has 0 aliphatic carbocycles. The Morgan fingerprint density at radius 2 is 2.07 bits per heavy atom. The lowest BCUT2D eigenvalue weighted by molar-refractivity contribution is 0.599. The first kappa shape index (κ1) is 11.1. The molecule has 0 bridgehead atoms. The smallest absolute Gasteiger partial charge is 0.224 e. The van der Waals surface area contributed by atoms with Crippen molar-refractivity contribution in [2.45, 2.75) is 11.1 Å². The first-order valence-electron chi connectivity index (χ1n) is 4.11. The first-order chi connectivity index (χ1) is 6.91. The van der Waals surface area contributed by atoms with Crippen LogP contribution in [0.3, 0.4) is 0 Å². The minimum atomic E-state index is -3.61. The SMILES string of the molecule is Cc1c(S(N)(=O)=O)sc2c(Br)cccc12. The number of nitrogens with two attached hydrogens (primary N) is 1. The molecule has 0 spiro atoms. The maximum Gasteiger partial charge on any atom is 0.247 e. The van der Waals surface area contributed by atoms with Gasteiger partial charge in [-0.05, 0) is 39.9 Å². The molecule has 15 heavy (non-hydrogen) atoms. The third-order valence-electron chi connectivity index (χ3n) is 2.13. The van der Waals surface area contributed by atoms with Gasteiger partial charge in [0.05, 0.1) is 4.70 Å². The summed E-state index contributed by atoms with van der Waals surface area (Å²) in [5.74, 6) is 0. The highest BCUT2D eigenvalue weighted by Gasteiger charge is 2.18. The molecule has 0 aliphatic heterocycles. The predicted octanol–water partition coefficient (Wildman–Crippen LogP) is 2.62. The van der Waals surface area contributed by atoms with Crippen LogP contribution in [0.25, 0.3) is 10.1 Å². The van der Waals surface area contributed by atoms with Crippen molar-refractivity contribution in [1.29, 1.82) is 0 Å². The molecule has 0 fully saturated rings. The van der Waals surface area contributed by atoms with Crippen molar-refractivity contribution in [1.82, 2.24) is 0 Å². The summed E-state index contributed by atoms with van der Waals surface area (Å²) >= 11 is 4.58. The Labute approximate surface area is 100 Å². The second kappa shape index (κ2) is 3.55. The monoisotopic (exact) mass is 305 g/mol. The van der Waals surface area contributed by atoms with Crippen molar-refractivity contribution in [2.24, 2.45) is 5.14 Å². The fourth-order valence-corrected chi connectivity index (χ4v) is 4.26. The van der Waals surface area contributed by atoms with Gasteiger partial charge in [0.2, 0.25) is 10.0 Å². The highest BCUT2D eigenvalue weighted by Crippen LogP contribution is 2.37. The Morgan fingerprint density at radius 1 is 1.40 bits per heavy atom. The molecule has 2 rings (SSSR count). The Hall–Kier alpha value is -0.430. The molecule has 0 radical (unpaired) electrons. The van der Waals surface area contributed by atoms with E-state index in [0.717, 1.165) is 20.1 Å². The number of sulfonamides is 1. The highest BCUT2D eigenvalue weighted by atomic mass is 79.9. The molecule has 3 nitrogen and oxygen atoms in total. The van der Waals surface area contributed by atoms with Crippen LogP contribution in [0.1, 0.15) is 5.56 Å². The normalized spacial score (nSPS) is 12.2. The average Bonchev–Trinajstić information content (AvgIpc) is 2.45. The van der Waals surface area contributed by atoms with Gasteiger partial charge in [-0.1, -0.05) is 12.1 Å². The Bertz CT molecular complexity index is 631. The third-order valence-corrected chi connectivity index (χ3v) is 5.96. The highest BCUT2D eigenvalue weighted by molar-refractivity contribution is 9.10. The van der Waals surface area contributed by atoms with Gasteiger partial charge >= 0.3 is 0 Å². The lowest BCUT2D eigenvalue weighted by Crippen LogP contribution is -2.11. The number of fused-ring (bicyclic) bond motifs is 1. The van der Waals surface area contributed by atoms with Gasteiger partial charge in [0.1, 0.15) is 4.21 Å². The summed E-state index contributed by atoms with van der Waals surface area (Å²) < 4.78 is 24.7. The maximum atomic E-state index is 11.3. The van der Waals surface area contributed by atoms with Gasteiger partial charge in [0, 0.05) is 4.47 Å². The average molecular weight is 306 g/mol. The van der Waals surface area contributed by atoms with E-state index in [1.54, 1.807) is 6.92 Å². The molecule has 1 aromatic heterocycles. The number of hydrogen-bond donors (Lipinski definition) is 1. The zero-order valence-electron chi connectivity index (χ0n) is 7.82. The number of hydrogen-bond acceptors (Lipinski definition) is 3. The molecule has 6 heteroatoms. The van der Waals surface area contributed by atoms with E-state index in [-0.39, 0.29) is 4.21 Å². The second-order valence-corrected chi connectivity index (χ2v) is 6.81. The van der Waals surface area contributed by atoms with Crippen molar-refractivity contribution < 1.29 is 8.42 Å². The molecule has 0 aliphatic rings. The van der Waals surface area contributed by atoms with Crippen LogP contribution in [0.5, 0.6) is 0 Å². The summed E-state index contributed by atoms with van der Waals surface area (Å²) in [5, 5.41) is 6.07. The van der Waals surface area contributed by atoms with Crippen molar-refractivity contribution in [3.05, 3.63) is 28.2 Å². The number of aryl methyl sites for hydroxylation is 1. The molecule has 2 N–H and O–H groups in total. The molecule has 0 unspecified atom stereocenters. The molecule has 2 aromatic rings. The minimum absolute atomic E-state index is 0.240. The van der Waals surface area contributed by atoms with Gasteiger partial charge < -0.3 is 0 Å². The van der Waals surface area contributed by atoms with Gasteiger partial charge in [-0.15, -0.1) is 11.3 Å².